The molecule has 4 nitrogen and oxygen atoms in total. The monoisotopic (exact) mass is 212 g/mol. The minimum atomic E-state index is 0.0847. The van der Waals surface area contributed by atoms with Crippen molar-refractivity contribution in [1.29, 1.82) is 5.41 Å². The van der Waals surface area contributed by atoms with E-state index in [1.54, 1.807) is 0 Å². The zero-order chi connectivity index (χ0) is 11.4. The Labute approximate surface area is 92.9 Å². The summed E-state index contributed by atoms with van der Waals surface area (Å²) in [5, 5.41) is 7.55. The molecule has 0 saturated carbocycles. The average molecular weight is 212 g/mol. The highest BCUT2D eigenvalue weighted by molar-refractivity contribution is 5.82. The van der Waals surface area contributed by atoms with Crippen molar-refractivity contribution in [2.24, 2.45) is 5.73 Å². The van der Waals surface area contributed by atoms with Gasteiger partial charge >= 0.3 is 0 Å². The fraction of sp³-hybridized carbons (Fsp3) is 0.909. The quantitative estimate of drug-likeness (QED) is 0.535. The van der Waals surface area contributed by atoms with E-state index in [0.717, 1.165) is 26.1 Å². The number of nitrogens with two attached hydrogens (primary N) is 1. The van der Waals surface area contributed by atoms with Crippen molar-refractivity contribution < 1.29 is 0 Å². The lowest BCUT2D eigenvalue weighted by atomic mass is 10.1. The van der Waals surface area contributed by atoms with Gasteiger partial charge in [0.15, 0.2) is 0 Å². The Morgan fingerprint density at radius 3 is 2.73 bits per heavy atom. The largest absolute Gasteiger partial charge is 0.386 e. The first-order chi connectivity index (χ1) is 7.06. The molecule has 0 bridgehead atoms. The number of rotatable bonds is 3. The highest BCUT2D eigenvalue weighted by atomic mass is 15.3. The lowest BCUT2D eigenvalue weighted by Crippen LogP contribution is -2.49. The summed E-state index contributed by atoms with van der Waals surface area (Å²) < 4.78 is 0. The summed E-state index contributed by atoms with van der Waals surface area (Å²) in [5.74, 6) is 0.290. The molecule has 2 unspecified atom stereocenters. The van der Waals surface area contributed by atoms with Gasteiger partial charge in [-0.2, -0.15) is 0 Å². The van der Waals surface area contributed by atoms with E-state index in [1.807, 2.05) is 6.92 Å². The summed E-state index contributed by atoms with van der Waals surface area (Å²) in [6.45, 7) is 7.55. The zero-order valence-corrected chi connectivity index (χ0v) is 10.2. The number of likely N-dealkylation sites (N-methyl/N-ethyl adjacent to an activating group) is 1. The molecule has 2 atom stereocenters. The number of hydrogen-bond donors (Lipinski definition) is 2. The maximum absolute atomic E-state index is 7.55. The second-order valence-corrected chi connectivity index (χ2v) is 4.55. The molecule has 0 radical (unpaired) electrons. The van der Waals surface area contributed by atoms with Gasteiger partial charge in [0.1, 0.15) is 5.84 Å². The van der Waals surface area contributed by atoms with Gasteiger partial charge < -0.3 is 10.6 Å². The molecule has 1 heterocycles. The number of amidine groups is 1. The zero-order valence-electron chi connectivity index (χ0n) is 10.2. The normalized spacial score (nSPS) is 27.3. The molecule has 0 aliphatic carbocycles. The van der Waals surface area contributed by atoms with Crippen LogP contribution in [0.5, 0.6) is 0 Å². The standard InChI is InChI=1S/C11H24N4/c1-4-10-8-14(3)6-5-7-15(10)9(2)11(12)13/h9-10H,4-8H2,1-3H3,(H3,12,13). The summed E-state index contributed by atoms with van der Waals surface area (Å²) in [7, 11) is 2.17. The lowest BCUT2D eigenvalue weighted by Gasteiger charge is -2.34. The van der Waals surface area contributed by atoms with Crippen molar-refractivity contribution in [3.8, 4) is 0 Å². The van der Waals surface area contributed by atoms with Gasteiger partial charge in [0.05, 0.1) is 6.04 Å². The molecular formula is C11H24N4. The second kappa shape index (κ2) is 5.47. The van der Waals surface area contributed by atoms with E-state index in [-0.39, 0.29) is 11.9 Å². The van der Waals surface area contributed by atoms with Gasteiger partial charge in [0.2, 0.25) is 0 Å². The van der Waals surface area contributed by atoms with Gasteiger partial charge in [-0.3, -0.25) is 10.3 Å². The Morgan fingerprint density at radius 1 is 1.53 bits per heavy atom. The summed E-state index contributed by atoms with van der Waals surface area (Å²) in [5.41, 5.74) is 5.60. The SMILES string of the molecule is CCC1CN(C)CCCN1C(C)C(=N)N. The highest BCUT2D eigenvalue weighted by Gasteiger charge is 2.26. The van der Waals surface area contributed by atoms with Gasteiger partial charge in [-0.15, -0.1) is 0 Å². The molecule has 0 aromatic heterocycles. The molecule has 1 aliphatic rings. The Hall–Kier alpha value is -0.610. The van der Waals surface area contributed by atoms with Crippen LogP contribution >= 0.6 is 0 Å². The Balaban J connectivity index is 2.70. The fourth-order valence-electron chi connectivity index (χ4n) is 2.31. The highest BCUT2D eigenvalue weighted by Crippen LogP contribution is 2.15. The van der Waals surface area contributed by atoms with Crippen molar-refractivity contribution >= 4 is 5.84 Å². The van der Waals surface area contributed by atoms with Crippen molar-refractivity contribution in [3.05, 3.63) is 0 Å². The predicted octanol–water partition coefficient (Wildman–Crippen LogP) is 0.727. The summed E-state index contributed by atoms with van der Waals surface area (Å²) >= 11 is 0. The van der Waals surface area contributed by atoms with Crippen LogP contribution in [0.2, 0.25) is 0 Å². The second-order valence-electron chi connectivity index (χ2n) is 4.55. The van der Waals surface area contributed by atoms with Crippen LogP contribution in [0.25, 0.3) is 0 Å². The summed E-state index contributed by atoms with van der Waals surface area (Å²) in [6, 6.07) is 0.623. The molecule has 15 heavy (non-hydrogen) atoms. The minimum absolute atomic E-state index is 0.0847. The third kappa shape index (κ3) is 3.18. The molecule has 1 rings (SSSR count). The molecule has 0 aromatic rings. The fourth-order valence-corrected chi connectivity index (χ4v) is 2.31. The molecule has 1 saturated heterocycles. The molecule has 0 spiro atoms. The van der Waals surface area contributed by atoms with E-state index < -0.39 is 0 Å². The molecule has 1 fully saturated rings. The van der Waals surface area contributed by atoms with Crippen LogP contribution in [0.15, 0.2) is 0 Å². The average Bonchev–Trinajstić information content (AvgIpc) is 2.38. The summed E-state index contributed by atoms with van der Waals surface area (Å²) in [6.07, 6.45) is 2.30. The first kappa shape index (κ1) is 12.5. The predicted molar refractivity (Wildman–Crippen MR) is 64.3 cm³/mol. The van der Waals surface area contributed by atoms with Gasteiger partial charge in [0.25, 0.3) is 0 Å². The van der Waals surface area contributed by atoms with Crippen molar-refractivity contribution in [2.45, 2.75) is 38.8 Å². The van der Waals surface area contributed by atoms with E-state index in [0.29, 0.717) is 6.04 Å². The first-order valence-corrected chi connectivity index (χ1v) is 5.84. The van der Waals surface area contributed by atoms with E-state index in [9.17, 15) is 0 Å². The molecule has 3 N–H and O–H groups in total. The van der Waals surface area contributed by atoms with Gasteiger partial charge in [0, 0.05) is 19.1 Å². The molecule has 0 amide bonds. The van der Waals surface area contributed by atoms with Crippen LogP contribution in [-0.4, -0.2) is 54.4 Å². The molecule has 4 heteroatoms. The Bertz CT molecular complexity index is 217. The van der Waals surface area contributed by atoms with Crippen LogP contribution in [0.1, 0.15) is 26.7 Å². The van der Waals surface area contributed by atoms with E-state index in [2.05, 4.69) is 23.8 Å². The maximum atomic E-state index is 7.55. The molecule has 0 aromatic carbocycles. The van der Waals surface area contributed by atoms with Gasteiger partial charge in [-0.25, -0.2) is 0 Å². The maximum Gasteiger partial charge on any atom is 0.108 e. The first-order valence-electron chi connectivity index (χ1n) is 5.84. The van der Waals surface area contributed by atoms with Crippen LogP contribution in [0.3, 0.4) is 0 Å². The van der Waals surface area contributed by atoms with Crippen LogP contribution in [0, 0.1) is 5.41 Å². The third-order valence-electron chi connectivity index (χ3n) is 3.37. The summed E-state index contributed by atoms with van der Waals surface area (Å²) in [4.78, 5) is 4.76. The molecule has 88 valence electrons. The molecule has 1 aliphatic heterocycles. The lowest BCUT2D eigenvalue weighted by molar-refractivity contribution is 0.167. The smallest absolute Gasteiger partial charge is 0.108 e. The van der Waals surface area contributed by atoms with Crippen LogP contribution in [0.4, 0.5) is 0 Å². The number of nitrogens with one attached hydrogen (secondary N) is 1. The topological polar surface area (TPSA) is 56.4 Å². The Morgan fingerprint density at radius 2 is 2.20 bits per heavy atom. The van der Waals surface area contributed by atoms with E-state index >= 15 is 0 Å². The van der Waals surface area contributed by atoms with Crippen LogP contribution < -0.4 is 5.73 Å². The van der Waals surface area contributed by atoms with E-state index in [1.165, 1.54) is 6.42 Å². The van der Waals surface area contributed by atoms with Gasteiger partial charge in [-0.05, 0) is 33.4 Å². The minimum Gasteiger partial charge on any atom is -0.386 e. The third-order valence-corrected chi connectivity index (χ3v) is 3.37. The van der Waals surface area contributed by atoms with Crippen molar-refractivity contribution in [2.75, 3.05) is 26.7 Å². The van der Waals surface area contributed by atoms with E-state index in [4.69, 9.17) is 11.1 Å². The Kier molecular flexibility index (Phi) is 4.54. The van der Waals surface area contributed by atoms with Crippen LogP contribution in [-0.2, 0) is 0 Å². The van der Waals surface area contributed by atoms with Crippen molar-refractivity contribution in [1.82, 2.24) is 9.80 Å². The van der Waals surface area contributed by atoms with Gasteiger partial charge in [-0.1, -0.05) is 6.92 Å². The van der Waals surface area contributed by atoms with Crippen molar-refractivity contribution in [3.63, 3.8) is 0 Å². The molecular weight excluding hydrogens is 188 g/mol. The number of nitrogens with zero attached hydrogens (tertiary/aromatic N) is 2. The number of hydrogen-bond acceptors (Lipinski definition) is 3.